The van der Waals surface area contributed by atoms with Gasteiger partial charge >= 0.3 is 0 Å². The number of hydrogen-bond donors (Lipinski definition) is 1. The number of ether oxygens (including phenoxy) is 1. The van der Waals surface area contributed by atoms with E-state index in [4.69, 9.17) is 4.74 Å². The Morgan fingerprint density at radius 2 is 1.76 bits per heavy atom. The maximum atomic E-state index is 5.63. The predicted octanol–water partition coefficient (Wildman–Crippen LogP) is 3.29. The Morgan fingerprint density at radius 1 is 1.14 bits per heavy atom. The van der Waals surface area contributed by atoms with Gasteiger partial charge in [0, 0.05) is 31.8 Å². The van der Waals surface area contributed by atoms with E-state index >= 15 is 0 Å². The molecule has 2 saturated heterocycles. The first-order valence-electron chi connectivity index (χ1n) is 8.98. The molecule has 2 aliphatic heterocycles. The normalized spacial score (nSPS) is 25.1. The summed E-state index contributed by atoms with van der Waals surface area (Å²) in [6.07, 6.45) is 6.58. The molecule has 3 heteroatoms. The van der Waals surface area contributed by atoms with E-state index in [1.807, 2.05) is 0 Å². The molecule has 0 amide bonds. The molecule has 0 saturated carbocycles. The third kappa shape index (κ3) is 5.54. The van der Waals surface area contributed by atoms with Crippen LogP contribution in [0.2, 0.25) is 0 Å². The summed E-state index contributed by atoms with van der Waals surface area (Å²) in [5.41, 5.74) is 0.630. The van der Waals surface area contributed by atoms with Crippen molar-refractivity contribution in [1.82, 2.24) is 10.2 Å². The van der Waals surface area contributed by atoms with Crippen molar-refractivity contribution in [3.05, 3.63) is 0 Å². The van der Waals surface area contributed by atoms with Crippen LogP contribution >= 0.6 is 0 Å². The first-order chi connectivity index (χ1) is 9.92. The summed E-state index contributed by atoms with van der Waals surface area (Å²) in [6.45, 7) is 16.0. The van der Waals surface area contributed by atoms with E-state index in [9.17, 15) is 0 Å². The molecule has 2 heterocycles. The second-order valence-corrected chi connectivity index (χ2v) is 8.34. The van der Waals surface area contributed by atoms with Crippen molar-refractivity contribution in [2.75, 3.05) is 39.4 Å². The molecule has 1 N–H and O–H groups in total. The van der Waals surface area contributed by atoms with Gasteiger partial charge in [0.05, 0.1) is 0 Å². The molecule has 0 atom stereocenters. The Morgan fingerprint density at radius 3 is 2.29 bits per heavy atom. The summed E-state index contributed by atoms with van der Waals surface area (Å²) in [5, 5.41) is 3.76. The van der Waals surface area contributed by atoms with Crippen LogP contribution in [0.1, 0.15) is 59.8 Å². The average molecular weight is 296 g/mol. The third-order valence-corrected chi connectivity index (χ3v) is 5.39. The van der Waals surface area contributed by atoms with E-state index < -0.39 is 0 Å². The highest BCUT2D eigenvalue weighted by Crippen LogP contribution is 2.33. The second kappa shape index (κ2) is 7.43. The van der Waals surface area contributed by atoms with Crippen molar-refractivity contribution in [2.45, 2.75) is 65.3 Å². The fourth-order valence-corrected chi connectivity index (χ4v) is 3.68. The predicted molar refractivity (Wildman–Crippen MR) is 89.7 cm³/mol. The van der Waals surface area contributed by atoms with Gasteiger partial charge in [-0.3, -0.25) is 0 Å². The molecule has 0 aromatic heterocycles. The highest BCUT2D eigenvalue weighted by atomic mass is 16.5. The molecule has 0 unspecified atom stereocenters. The highest BCUT2D eigenvalue weighted by Gasteiger charge is 2.36. The highest BCUT2D eigenvalue weighted by molar-refractivity contribution is 4.90. The number of nitrogens with one attached hydrogen (secondary N) is 1. The summed E-state index contributed by atoms with van der Waals surface area (Å²) in [6, 6.07) is 0. The van der Waals surface area contributed by atoms with Crippen LogP contribution in [0.25, 0.3) is 0 Å². The quantitative estimate of drug-likeness (QED) is 0.842. The van der Waals surface area contributed by atoms with Gasteiger partial charge in [-0.1, -0.05) is 13.3 Å². The minimum absolute atomic E-state index is 0.209. The number of piperidine rings is 1. The van der Waals surface area contributed by atoms with Gasteiger partial charge in [0.15, 0.2) is 0 Å². The van der Waals surface area contributed by atoms with Crippen LogP contribution in [-0.2, 0) is 4.74 Å². The van der Waals surface area contributed by atoms with E-state index in [0.717, 1.165) is 25.7 Å². The van der Waals surface area contributed by atoms with Crippen LogP contribution < -0.4 is 5.32 Å². The van der Waals surface area contributed by atoms with Gasteiger partial charge in [-0.15, -0.1) is 0 Å². The maximum Gasteiger partial charge on any atom is 0.0472 e. The standard InChI is InChI=1S/C18H36N2O/c1-5-16-6-10-20(11-7-16)15-18(8-12-21-13-9-18)14-19-17(2,3)4/h16,19H,5-15H2,1-4H3. The maximum absolute atomic E-state index is 5.63. The molecule has 0 aliphatic carbocycles. The molecule has 3 nitrogen and oxygen atoms in total. The fourth-order valence-electron chi connectivity index (χ4n) is 3.68. The lowest BCUT2D eigenvalue weighted by atomic mass is 9.78. The van der Waals surface area contributed by atoms with Crippen LogP contribution in [0.3, 0.4) is 0 Å². The topological polar surface area (TPSA) is 24.5 Å². The smallest absolute Gasteiger partial charge is 0.0472 e. The van der Waals surface area contributed by atoms with Crippen LogP contribution in [-0.4, -0.2) is 49.8 Å². The number of hydrogen-bond acceptors (Lipinski definition) is 3. The van der Waals surface area contributed by atoms with Crippen molar-refractivity contribution in [3.63, 3.8) is 0 Å². The molecule has 0 spiro atoms. The van der Waals surface area contributed by atoms with Gasteiger partial charge in [-0.05, 0) is 70.9 Å². The lowest BCUT2D eigenvalue weighted by Gasteiger charge is -2.44. The molecule has 2 rings (SSSR count). The van der Waals surface area contributed by atoms with Crippen molar-refractivity contribution in [3.8, 4) is 0 Å². The number of likely N-dealkylation sites (tertiary alicyclic amines) is 1. The van der Waals surface area contributed by atoms with Crippen LogP contribution in [0.5, 0.6) is 0 Å². The molecule has 0 aromatic rings. The number of nitrogens with zero attached hydrogens (tertiary/aromatic N) is 1. The average Bonchev–Trinajstić information content (AvgIpc) is 2.46. The van der Waals surface area contributed by atoms with Crippen molar-refractivity contribution >= 4 is 0 Å². The zero-order chi connectivity index (χ0) is 15.3. The molecule has 2 aliphatic rings. The molecule has 2 fully saturated rings. The summed E-state index contributed by atoms with van der Waals surface area (Å²) in [7, 11) is 0. The van der Waals surface area contributed by atoms with Gasteiger partial charge in [0.1, 0.15) is 0 Å². The van der Waals surface area contributed by atoms with E-state index in [1.54, 1.807) is 0 Å². The van der Waals surface area contributed by atoms with Crippen LogP contribution in [0, 0.1) is 11.3 Å². The van der Waals surface area contributed by atoms with Crippen molar-refractivity contribution in [1.29, 1.82) is 0 Å². The van der Waals surface area contributed by atoms with E-state index in [0.29, 0.717) is 5.41 Å². The molecule has 0 radical (unpaired) electrons. The zero-order valence-electron chi connectivity index (χ0n) is 14.7. The summed E-state index contributed by atoms with van der Waals surface area (Å²) < 4.78 is 5.63. The molecular weight excluding hydrogens is 260 g/mol. The van der Waals surface area contributed by atoms with Gasteiger partial charge in [-0.2, -0.15) is 0 Å². The minimum Gasteiger partial charge on any atom is -0.381 e. The van der Waals surface area contributed by atoms with Gasteiger partial charge in [0.2, 0.25) is 0 Å². The van der Waals surface area contributed by atoms with Crippen molar-refractivity contribution < 1.29 is 4.74 Å². The lowest BCUT2D eigenvalue weighted by Crippen LogP contribution is -2.52. The summed E-state index contributed by atoms with van der Waals surface area (Å²) in [5.74, 6) is 0.972. The summed E-state index contributed by atoms with van der Waals surface area (Å²) >= 11 is 0. The second-order valence-electron chi connectivity index (χ2n) is 8.34. The molecule has 124 valence electrons. The number of rotatable bonds is 5. The monoisotopic (exact) mass is 296 g/mol. The Kier molecular flexibility index (Phi) is 6.10. The van der Waals surface area contributed by atoms with E-state index in [2.05, 4.69) is 37.9 Å². The minimum atomic E-state index is 0.209. The van der Waals surface area contributed by atoms with Crippen LogP contribution in [0.15, 0.2) is 0 Å². The third-order valence-electron chi connectivity index (χ3n) is 5.39. The van der Waals surface area contributed by atoms with Gasteiger partial charge in [-0.25, -0.2) is 0 Å². The molecule has 21 heavy (non-hydrogen) atoms. The first-order valence-corrected chi connectivity index (χ1v) is 8.98. The van der Waals surface area contributed by atoms with E-state index in [1.165, 1.54) is 51.7 Å². The van der Waals surface area contributed by atoms with E-state index in [-0.39, 0.29) is 5.54 Å². The van der Waals surface area contributed by atoms with Crippen LogP contribution in [0.4, 0.5) is 0 Å². The largest absolute Gasteiger partial charge is 0.381 e. The Labute approximate surface area is 131 Å². The first kappa shape index (κ1) is 17.2. The Bertz CT molecular complexity index is 297. The summed E-state index contributed by atoms with van der Waals surface area (Å²) in [4.78, 5) is 2.72. The molecular formula is C18H36N2O. The molecule has 0 bridgehead atoms. The van der Waals surface area contributed by atoms with Gasteiger partial charge in [0.25, 0.3) is 0 Å². The van der Waals surface area contributed by atoms with Crippen molar-refractivity contribution in [2.24, 2.45) is 11.3 Å². The SMILES string of the molecule is CCC1CCN(CC2(CNC(C)(C)C)CCOCC2)CC1. The Balaban J connectivity index is 1.90. The lowest BCUT2D eigenvalue weighted by molar-refractivity contribution is -0.0123. The fraction of sp³-hybridized carbons (Fsp3) is 1.00. The zero-order valence-corrected chi connectivity index (χ0v) is 14.7. The Hall–Kier alpha value is -0.120. The van der Waals surface area contributed by atoms with Gasteiger partial charge < -0.3 is 15.0 Å². The molecule has 0 aromatic carbocycles.